The van der Waals surface area contributed by atoms with E-state index in [1.54, 1.807) is 6.08 Å². The molecule has 2 aliphatic rings. The van der Waals surface area contributed by atoms with Crippen LogP contribution in [0.4, 0.5) is 0 Å². The number of carboxylic acids is 1. The lowest BCUT2D eigenvalue weighted by molar-refractivity contribution is -0.146. The second-order valence-electron chi connectivity index (χ2n) is 6.96. The molecule has 0 aromatic heterocycles. The molecular formula is C21H23NO4. The summed E-state index contributed by atoms with van der Waals surface area (Å²) < 4.78 is 0. The minimum Gasteiger partial charge on any atom is -0.481 e. The first-order valence-corrected chi connectivity index (χ1v) is 9.01. The van der Waals surface area contributed by atoms with E-state index in [-0.39, 0.29) is 17.6 Å². The molecule has 0 radical (unpaired) electrons. The third-order valence-corrected chi connectivity index (χ3v) is 5.30. The lowest BCUT2D eigenvalue weighted by Crippen LogP contribution is -2.46. The summed E-state index contributed by atoms with van der Waals surface area (Å²) in [7, 11) is 0. The average Bonchev–Trinajstić information content (AvgIpc) is 3.05. The molecule has 1 amide bonds. The van der Waals surface area contributed by atoms with Gasteiger partial charge in [-0.25, -0.2) is 0 Å². The molecule has 5 nitrogen and oxygen atoms in total. The van der Waals surface area contributed by atoms with Gasteiger partial charge in [-0.05, 0) is 43.2 Å². The van der Waals surface area contributed by atoms with E-state index in [0.29, 0.717) is 12.8 Å². The highest BCUT2D eigenvalue weighted by Gasteiger charge is 2.46. The maximum atomic E-state index is 13.0. The number of nitrogens with one attached hydrogen (secondary N) is 1. The molecule has 26 heavy (non-hydrogen) atoms. The van der Waals surface area contributed by atoms with Gasteiger partial charge in [-0.2, -0.15) is 0 Å². The van der Waals surface area contributed by atoms with Crippen molar-refractivity contribution in [1.29, 1.82) is 0 Å². The summed E-state index contributed by atoms with van der Waals surface area (Å²) in [4.78, 5) is 36.7. The van der Waals surface area contributed by atoms with Gasteiger partial charge in [0.25, 0.3) is 0 Å². The van der Waals surface area contributed by atoms with Crippen molar-refractivity contribution in [3.05, 3.63) is 54.1 Å². The van der Waals surface area contributed by atoms with Gasteiger partial charge in [-0.1, -0.05) is 42.5 Å². The summed E-state index contributed by atoms with van der Waals surface area (Å²) in [6.07, 6.45) is 9.42. The highest BCUT2D eigenvalue weighted by atomic mass is 16.4. The number of rotatable bonds is 4. The lowest BCUT2D eigenvalue weighted by Gasteiger charge is -2.27. The summed E-state index contributed by atoms with van der Waals surface area (Å²) in [6.45, 7) is 0. The number of carbonyl (C=O) groups excluding carboxylic acids is 2. The molecule has 1 fully saturated rings. The molecule has 0 aliphatic heterocycles. The van der Waals surface area contributed by atoms with Gasteiger partial charge in [0.05, 0.1) is 12.0 Å². The first-order chi connectivity index (χ1) is 12.6. The van der Waals surface area contributed by atoms with Crippen molar-refractivity contribution < 1.29 is 19.5 Å². The Morgan fingerprint density at radius 2 is 1.81 bits per heavy atom. The van der Waals surface area contributed by atoms with Crippen molar-refractivity contribution in [3.8, 4) is 0 Å². The molecule has 0 bridgehead atoms. The quantitative estimate of drug-likeness (QED) is 0.644. The van der Waals surface area contributed by atoms with E-state index < -0.39 is 23.8 Å². The van der Waals surface area contributed by atoms with Crippen molar-refractivity contribution in [2.75, 3.05) is 0 Å². The molecular weight excluding hydrogens is 330 g/mol. The number of ketones is 1. The van der Waals surface area contributed by atoms with Crippen LogP contribution in [0.1, 0.15) is 31.2 Å². The Hall–Kier alpha value is -2.69. The predicted molar refractivity (Wildman–Crippen MR) is 98.1 cm³/mol. The number of amides is 1. The molecule has 4 unspecified atom stereocenters. The van der Waals surface area contributed by atoms with E-state index in [9.17, 15) is 19.5 Å². The Morgan fingerprint density at radius 3 is 2.54 bits per heavy atom. The van der Waals surface area contributed by atoms with Crippen molar-refractivity contribution in [3.63, 3.8) is 0 Å². The second-order valence-corrected chi connectivity index (χ2v) is 6.96. The van der Waals surface area contributed by atoms with Crippen LogP contribution in [0, 0.1) is 17.8 Å². The fourth-order valence-electron chi connectivity index (χ4n) is 3.99. The molecule has 2 aliphatic carbocycles. The predicted octanol–water partition coefficient (Wildman–Crippen LogP) is 2.83. The van der Waals surface area contributed by atoms with Gasteiger partial charge in [0, 0.05) is 12.0 Å². The Morgan fingerprint density at radius 1 is 1.08 bits per heavy atom. The zero-order chi connectivity index (χ0) is 18.5. The Kier molecular flexibility index (Phi) is 5.66. The SMILES string of the molecule is O=C(C=Cc1ccccc1)NC1CC=CCC2CCC(C(=O)O)C2C1=O. The van der Waals surface area contributed by atoms with Crippen LogP contribution in [0.15, 0.2) is 48.6 Å². The summed E-state index contributed by atoms with van der Waals surface area (Å²) >= 11 is 0. The van der Waals surface area contributed by atoms with Gasteiger partial charge in [-0.3, -0.25) is 14.4 Å². The van der Waals surface area contributed by atoms with Gasteiger partial charge < -0.3 is 10.4 Å². The van der Waals surface area contributed by atoms with E-state index in [4.69, 9.17) is 0 Å². The van der Waals surface area contributed by atoms with Crippen LogP contribution >= 0.6 is 0 Å². The zero-order valence-electron chi connectivity index (χ0n) is 14.5. The third-order valence-electron chi connectivity index (χ3n) is 5.30. The largest absolute Gasteiger partial charge is 0.481 e. The molecule has 0 heterocycles. The van der Waals surface area contributed by atoms with Gasteiger partial charge in [0.15, 0.2) is 5.78 Å². The summed E-state index contributed by atoms with van der Waals surface area (Å²) in [5.41, 5.74) is 0.897. The van der Waals surface area contributed by atoms with E-state index in [0.717, 1.165) is 18.4 Å². The fraction of sp³-hybridized carbons (Fsp3) is 0.381. The van der Waals surface area contributed by atoms with Crippen molar-refractivity contribution in [2.45, 2.75) is 31.7 Å². The van der Waals surface area contributed by atoms with E-state index in [2.05, 4.69) is 5.32 Å². The van der Waals surface area contributed by atoms with Crippen LogP contribution in [0.3, 0.4) is 0 Å². The molecule has 5 heteroatoms. The molecule has 0 saturated heterocycles. The second kappa shape index (κ2) is 8.13. The van der Waals surface area contributed by atoms with Crippen LogP contribution in [-0.4, -0.2) is 28.8 Å². The summed E-state index contributed by atoms with van der Waals surface area (Å²) in [6, 6.07) is 8.75. The Bertz CT molecular complexity index is 738. The summed E-state index contributed by atoms with van der Waals surface area (Å²) in [5, 5.41) is 12.2. The number of fused-ring (bicyclic) bond motifs is 1. The van der Waals surface area contributed by atoms with Gasteiger partial charge in [-0.15, -0.1) is 0 Å². The molecule has 136 valence electrons. The van der Waals surface area contributed by atoms with E-state index >= 15 is 0 Å². The number of hydrogen-bond acceptors (Lipinski definition) is 3. The van der Waals surface area contributed by atoms with Crippen LogP contribution in [-0.2, 0) is 14.4 Å². The topological polar surface area (TPSA) is 83.5 Å². The first-order valence-electron chi connectivity index (χ1n) is 9.01. The Balaban J connectivity index is 1.71. The number of aliphatic carboxylic acids is 1. The van der Waals surface area contributed by atoms with Gasteiger partial charge >= 0.3 is 5.97 Å². The highest BCUT2D eigenvalue weighted by Crippen LogP contribution is 2.41. The van der Waals surface area contributed by atoms with E-state index in [1.807, 2.05) is 42.5 Å². The maximum Gasteiger partial charge on any atom is 0.307 e. The minimum atomic E-state index is -0.913. The standard InChI is InChI=1S/C21H23NO4/c23-18(13-10-14-6-2-1-3-7-14)22-17-9-5-4-8-15-11-12-16(21(25)26)19(15)20(17)24/h1-7,10,13,15-17,19H,8-9,11-12H2,(H,22,23)(H,25,26). The monoisotopic (exact) mass is 353 g/mol. The minimum absolute atomic E-state index is 0.0550. The van der Waals surface area contributed by atoms with E-state index in [1.165, 1.54) is 6.08 Å². The van der Waals surface area contributed by atoms with Gasteiger partial charge in [0.2, 0.25) is 5.91 Å². The lowest BCUT2D eigenvalue weighted by atomic mass is 9.79. The number of Topliss-reactive ketones (excluding diaryl/α,β-unsaturated/α-hetero) is 1. The molecule has 1 saturated carbocycles. The number of carboxylic acid groups (broad SMARTS) is 1. The smallest absolute Gasteiger partial charge is 0.307 e. The normalized spacial score (nSPS) is 28.4. The number of hydrogen-bond donors (Lipinski definition) is 2. The van der Waals surface area contributed by atoms with Crippen LogP contribution in [0.25, 0.3) is 6.08 Å². The third kappa shape index (κ3) is 4.10. The molecule has 1 aromatic rings. The Labute approximate surface area is 152 Å². The number of carbonyl (C=O) groups is 3. The molecule has 1 aromatic carbocycles. The van der Waals surface area contributed by atoms with Gasteiger partial charge in [0.1, 0.15) is 0 Å². The van der Waals surface area contributed by atoms with Crippen LogP contribution in [0.2, 0.25) is 0 Å². The van der Waals surface area contributed by atoms with Crippen LogP contribution < -0.4 is 5.32 Å². The fourth-order valence-corrected chi connectivity index (χ4v) is 3.99. The zero-order valence-corrected chi connectivity index (χ0v) is 14.5. The number of benzene rings is 1. The van der Waals surface area contributed by atoms with Crippen molar-refractivity contribution in [1.82, 2.24) is 5.32 Å². The molecule has 0 spiro atoms. The van der Waals surface area contributed by atoms with Crippen molar-refractivity contribution in [2.24, 2.45) is 17.8 Å². The first kappa shape index (κ1) is 18.1. The molecule has 4 atom stereocenters. The highest BCUT2D eigenvalue weighted by molar-refractivity contribution is 5.98. The van der Waals surface area contributed by atoms with Crippen molar-refractivity contribution >= 4 is 23.7 Å². The average molecular weight is 353 g/mol. The van der Waals surface area contributed by atoms with Crippen LogP contribution in [0.5, 0.6) is 0 Å². The maximum absolute atomic E-state index is 13.0. The summed E-state index contributed by atoms with van der Waals surface area (Å²) in [5.74, 6) is -2.50. The molecule has 3 rings (SSSR count). The molecule has 2 N–H and O–H groups in total. The number of allylic oxidation sites excluding steroid dienone is 1.